The van der Waals surface area contributed by atoms with Gasteiger partial charge >= 0.3 is 12.1 Å². The molecule has 2 aliphatic rings. The van der Waals surface area contributed by atoms with E-state index in [2.05, 4.69) is 16.0 Å². The average molecular weight is 537 g/mol. The molecule has 39 heavy (non-hydrogen) atoms. The zero-order valence-corrected chi connectivity index (χ0v) is 22.8. The SMILES string of the molecule is COc1cc(CC(NC(=O)N2CCC(N3Cc4ccccc4NC3=O)CC2)C(=O)N(C)C)cc(C)c1NC=O. The van der Waals surface area contributed by atoms with E-state index in [9.17, 15) is 19.2 Å². The lowest BCUT2D eigenvalue weighted by Gasteiger charge is -2.40. The number of methoxy groups -OCH3 is 1. The summed E-state index contributed by atoms with van der Waals surface area (Å²) in [5.74, 6) is 0.250. The van der Waals surface area contributed by atoms with Gasteiger partial charge in [-0.3, -0.25) is 9.59 Å². The third-order valence-corrected chi connectivity index (χ3v) is 7.31. The smallest absolute Gasteiger partial charge is 0.322 e. The summed E-state index contributed by atoms with van der Waals surface area (Å²) in [4.78, 5) is 54.9. The lowest BCUT2D eigenvalue weighted by atomic mass is 10.00. The predicted molar refractivity (Wildman–Crippen MR) is 148 cm³/mol. The first-order chi connectivity index (χ1) is 18.7. The van der Waals surface area contributed by atoms with Gasteiger partial charge in [0.2, 0.25) is 12.3 Å². The number of nitrogens with zero attached hydrogens (tertiary/aromatic N) is 3. The Hall–Kier alpha value is -4.28. The first kappa shape index (κ1) is 27.7. The number of anilines is 2. The van der Waals surface area contributed by atoms with Gasteiger partial charge in [0.15, 0.2) is 0 Å². The maximum atomic E-state index is 13.2. The molecule has 0 saturated carbocycles. The number of hydrogen-bond donors (Lipinski definition) is 3. The molecule has 1 saturated heterocycles. The number of rotatable bonds is 8. The largest absolute Gasteiger partial charge is 0.495 e. The van der Waals surface area contributed by atoms with E-state index in [0.717, 1.165) is 22.4 Å². The van der Waals surface area contributed by atoms with Gasteiger partial charge in [-0.2, -0.15) is 0 Å². The number of aryl methyl sites for hydroxylation is 1. The molecule has 0 bridgehead atoms. The zero-order chi connectivity index (χ0) is 28.1. The molecule has 0 aliphatic carbocycles. The van der Waals surface area contributed by atoms with Crippen LogP contribution in [0.4, 0.5) is 21.0 Å². The van der Waals surface area contributed by atoms with Crippen LogP contribution in [0.2, 0.25) is 0 Å². The Bertz CT molecular complexity index is 1240. The van der Waals surface area contributed by atoms with E-state index in [1.807, 2.05) is 42.2 Å². The Kier molecular flexibility index (Phi) is 8.58. The van der Waals surface area contributed by atoms with Gasteiger partial charge in [0, 0.05) is 51.9 Å². The van der Waals surface area contributed by atoms with E-state index in [0.29, 0.717) is 50.3 Å². The zero-order valence-electron chi connectivity index (χ0n) is 22.8. The number of urea groups is 2. The van der Waals surface area contributed by atoms with Crippen LogP contribution in [-0.2, 0) is 22.6 Å². The number of nitrogens with one attached hydrogen (secondary N) is 3. The number of likely N-dealkylation sites (tertiary alicyclic amines) is 1. The molecule has 0 radical (unpaired) electrons. The highest BCUT2D eigenvalue weighted by Crippen LogP contribution is 2.30. The number of ether oxygens (including phenoxy) is 1. The number of likely N-dealkylation sites (N-methyl/N-ethyl adjacent to an activating group) is 1. The van der Waals surface area contributed by atoms with Gasteiger partial charge in [0.05, 0.1) is 12.8 Å². The van der Waals surface area contributed by atoms with Crippen LogP contribution < -0.4 is 20.7 Å². The molecule has 4 rings (SSSR count). The molecule has 11 nitrogen and oxygen atoms in total. The predicted octanol–water partition coefficient (Wildman–Crippen LogP) is 2.79. The molecule has 2 aliphatic heterocycles. The van der Waals surface area contributed by atoms with Crippen LogP contribution in [0.25, 0.3) is 0 Å². The quantitative estimate of drug-likeness (QED) is 0.448. The molecule has 1 atom stereocenters. The standard InChI is InChI=1S/C28H36N6O5/c1-18-13-19(15-24(39-4)25(18)29-17-35)14-23(26(36)32(2)3)31-27(37)33-11-9-21(10-12-33)34-16-20-7-5-6-8-22(20)30-28(34)38/h5-8,13,15,17,21,23H,9-12,14,16H2,1-4H3,(H,29,35)(H,30,38)(H,31,37). The maximum absolute atomic E-state index is 13.2. The van der Waals surface area contributed by atoms with Crippen molar-refractivity contribution >= 4 is 35.8 Å². The molecule has 0 aromatic heterocycles. The van der Waals surface area contributed by atoms with Gasteiger partial charge in [0.1, 0.15) is 11.8 Å². The topological polar surface area (TPSA) is 123 Å². The number of carbonyl (C=O) groups excluding carboxylic acids is 4. The fraction of sp³-hybridized carbons (Fsp3) is 0.429. The summed E-state index contributed by atoms with van der Waals surface area (Å²) in [7, 11) is 4.81. The second-order valence-corrected chi connectivity index (χ2v) is 10.1. The minimum atomic E-state index is -0.788. The number of benzene rings is 2. The molecule has 11 heteroatoms. The van der Waals surface area contributed by atoms with Gasteiger partial charge in [-0.25, -0.2) is 9.59 Å². The fourth-order valence-corrected chi connectivity index (χ4v) is 5.24. The monoisotopic (exact) mass is 536 g/mol. The normalized spacial score (nSPS) is 16.1. The number of amides is 6. The van der Waals surface area contributed by atoms with Gasteiger partial charge in [-0.15, -0.1) is 0 Å². The molecule has 2 heterocycles. The highest BCUT2D eigenvalue weighted by molar-refractivity contribution is 5.92. The Morgan fingerprint density at radius 3 is 2.59 bits per heavy atom. The van der Waals surface area contributed by atoms with Crippen molar-refractivity contribution in [3.8, 4) is 5.75 Å². The lowest BCUT2D eigenvalue weighted by molar-refractivity contribution is -0.130. The summed E-state index contributed by atoms with van der Waals surface area (Å²) in [6.07, 6.45) is 2.14. The van der Waals surface area contributed by atoms with E-state index in [4.69, 9.17) is 4.74 Å². The number of hydrogen-bond acceptors (Lipinski definition) is 5. The van der Waals surface area contributed by atoms with Crippen LogP contribution in [0, 0.1) is 6.92 Å². The van der Waals surface area contributed by atoms with Crippen molar-refractivity contribution in [3.05, 3.63) is 53.1 Å². The first-order valence-corrected chi connectivity index (χ1v) is 13.0. The number of fused-ring (bicyclic) bond motifs is 1. The Labute approximate surface area is 228 Å². The third kappa shape index (κ3) is 6.24. The van der Waals surface area contributed by atoms with Crippen molar-refractivity contribution in [2.75, 3.05) is 44.9 Å². The van der Waals surface area contributed by atoms with E-state index in [-0.39, 0.29) is 30.4 Å². The fourth-order valence-electron chi connectivity index (χ4n) is 5.24. The van der Waals surface area contributed by atoms with Crippen molar-refractivity contribution in [1.82, 2.24) is 20.0 Å². The molecule has 2 aromatic carbocycles. The van der Waals surface area contributed by atoms with Crippen LogP contribution in [0.1, 0.15) is 29.5 Å². The Morgan fingerprint density at radius 2 is 1.92 bits per heavy atom. The van der Waals surface area contributed by atoms with Gasteiger partial charge < -0.3 is 35.4 Å². The third-order valence-electron chi connectivity index (χ3n) is 7.31. The van der Waals surface area contributed by atoms with Crippen LogP contribution >= 0.6 is 0 Å². The molecule has 0 spiro atoms. The second kappa shape index (κ2) is 12.1. The summed E-state index contributed by atoms with van der Waals surface area (Å²) in [6.45, 7) is 3.33. The Morgan fingerprint density at radius 1 is 1.21 bits per heavy atom. The number of piperidine rings is 1. The summed E-state index contributed by atoms with van der Waals surface area (Å²) >= 11 is 0. The molecule has 1 unspecified atom stereocenters. The van der Waals surface area contributed by atoms with Crippen molar-refractivity contribution in [1.29, 1.82) is 0 Å². The summed E-state index contributed by atoms with van der Waals surface area (Å²) < 4.78 is 5.43. The van der Waals surface area contributed by atoms with Crippen LogP contribution in [0.15, 0.2) is 36.4 Å². The number of carbonyl (C=O) groups is 4. The van der Waals surface area contributed by atoms with Gasteiger partial charge in [0.25, 0.3) is 0 Å². The summed E-state index contributed by atoms with van der Waals surface area (Å²) in [5, 5.41) is 8.52. The minimum Gasteiger partial charge on any atom is -0.495 e. The second-order valence-electron chi connectivity index (χ2n) is 10.1. The van der Waals surface area contributed by atoms with Crippen molar-refractivity contribution in [3.63, 3.8) is 0 Å². The average Bonchev–Trinajstić information content (AvgIpc) is 2.93. The molecular formula is C28H36N6O5. The lowest BCUT2D eigenvalue weighted by Crippen LogP contribution is -2.55. The highest BCUT2D eigenvalue weighted by Gasteiger charge is 2.33. The maximum Gasteiger partial charge on any atom is 0.322 e. The van der Waals surface area contributed by atoms with Crippen molar-refractivity contribution in [2.45, 2.75) is 44.8 Å². The van der Waals surface area contributed by atoms with Crippen molar-refractivity contribution in [2.24, 2.45) is 0 Å². The molecular weight excluding hydrogens is 500 g/mol. The van der Waals surface area contributed by atoms with Gasteiger partial charge in [-0.1, -0.05) is 24.3 Å². The molecule has 6 amide bonds. The molecule has 3 N–H and O–H groups in total. The van der Waals surface area contributed by atoms with Crippen LogP contribution in [0.3, 0.4) is 0 Å². The van der Waals surface area contributed by atoms with E-state index >= 15 is 0 Å². The highest BCUT2D eigenvalue weighted by atomic mass is 16.5. The van der Waals surface area contributed by atoms with E-state index < -0.39 is 6.04 Å². The summed E-state index contributed by atoms with van der Waals surface area (Å²) in [5.41, 5.74) is 4.05. The molecule has 2 aromatic rings. The van der Waals surface area contributed by atoms with Crippen LogP contribution in [0.5, 0.6) is 5.75 Å². The minimum absolute atomic E-state index is 0.0236. The van der Waals surface area contributed by atoms with Gasteiger partial charge in [-0.05, 0) is 48.6 Å². The summed E-state index contributed by atoms with van der Waals surface area (Å²) in [6, 6.07) is 10.2. The number of para-hydroxylation sites is 1. The Balaban J connectivity index is 1.40. The van der Waals surface area contributed by atoms with E-state index in [1.54, 1.807) is 25.1 Å². The van der Waals surface area contributed by atoms with E-state index in [1.165, 1.54) is 12.0 Å². The first-order valence-electron chi connectivity index (χ1n) is 13.0. The van der Waals surface area contributed by atoms with Crippen LogP contribution in [-0.4, -0.2) is 85.5 Å². The molecule has 1 fully saturated rings. The molecule has 208 valence electrons. The van der Waals surface area contributed by atoms with Crippen molar-refractivity contribution < 1.29 is 23.9 Å².